The molecule has 0 amide bonds. The van der Waals surface area contributed by atoms with Crippen LogP contribution in [0.25, 0.3) is 11.3 Å². The zero-order valence-electron chi connectivity index (χ0n) is 8.92. The summed E-state index contributed by atoms with van der Waals surface area (Å²) in [7, 11) is 0. The monoisotopic (exact) mass is 297 g/mol. The standard InChI is InChI=1S/C12H6Cl3N3/c13-8-1-6(2-9(14)12(8)15)11-3-7(4-16)10(17)5-18-11/h1-3,5H,17H2. The molecule has 90 valence electrons. The van der Waals surface area contributed by atoms with E-state index >= 15 is 0 Å². The molecule has 0 saturated carbocycles. The largest absolute Gasteiger partial charge is 0.396 e. The van der Waals surface area contributed by atoms with Crippen LogP contribution < -0.4 is 5.73 Å². The van der Waals surface area contributed by atoms with Gasteiger partial charge in [-0.15, -0.1) is 0 Å². The second kappa shape index (κ2) is 5.03. The Morgan fingerprint density at radius 2 is 1.72 bits per heavy atom. The summed E-state index contributed by atoms with van der Waals surface area (Å²) in [5.74, 6) is 0. The van der Waals surface area contributed by atoms with E-state index in [4.69, 9.17) is 45.8 Å². The number of nitrogens with zero attached hydrogens (tertiary/aromatic N) is 2. The van der Waals surface area contributed by atoms with Crippen LogP contribution in [-0.4, -0.2) is 4.98 Å². The van der Waals surface area contributed by atoms with Gasteiger partial charge in [0, 0.05) is 5.56 Å². The number of rotatable bonds is 1. The van der Waals surface area contributed by atoms with Gasteiger partial charge in [0.25, 0.3) is 0 Å². The minimum atomic E-state index is 0.290. The summed E-state index contributed by atoms with van der Waals surface area (Å²) in [6, 6.07) is 6.83. The lowest BCUT2D eigenvalue weighted by Gasteiger charge is -2.06. The number of benzene rings is 1. The Labute approximate surface area is 119 Å². The molecule has 0 aliphatic carbocycles. The molecule has 2 rings (SSSR count). The second-order valence-corrected chi connectivity index (χ2v) is 4.71. The third-order valence-corrected chi connectivity index (χ3v) is 3.53. The third kappa shape index (κ3) is 2.37. The van der Waals surface area contributed by atoms with E-state index in [9.17, 15) is 0 Å². The molecule has 2 N–H and O–H groups in total. The second-order valence-electron chi connectivity index (χ2n) is 3.52. The van der Waals surface area contributed by atoms with Crippen LogP contribution in [0.1, 0.15) is 5.56 Å². The molecule has 0 radical (unpaired) electrons. The molecular weight excluding hydrogens is 293 g/mol. The fraction of sp³-hybridized carbons (Fsp3) is 0. The van der Waals surface area contributed by atoms with E-state index in [1.807, 2.05) is 6.07 Å². The summed E-state index contributed by atoms with van der Waals surface area (Å²) in [6.07, 6.45) is 1.42. The SMILES string of the molecule is N#Cc1cc(-c2cc(Cl)c(Cl)c(Cl)c2)ncc1N. The summed E-state index contributed by atoms with van der Waals surface area (Å²) in [4.78, 5) is 4.13. The molecule has 1 heterocycles. The van der Waals surface area contributed by atoms with Gasteiger partial charge in [0.15, 0.2) is 0 Å². The number of pyridine rings is 1. The summed E-state index contributed by atoms with van der Waals surface area (Å²) in [5, 5.41) is 9.86. The van der Waals surface area contributed by atoms with Crippen LogP contribution in [-0.2, 0) is 0 Å². The topological polar surface area (TPSA) is 62.7 Å². The van der Waals surface area contributed by atoms with E-state index < -0.39 is 0 Å². The molecular formula is C12H6Cl3N3. The molecule has 0 atom stereocenters. The van der Waals surface area contributed by atoms with E-state index in [0.29, 0.717) is 32.6 Å². The summed E-state index contributed by atoms with van der Waals surface area (Å²) >= 11 is 17.7. The molecule has 0 unspecified atom stereocenters. The van der Waals surface area contributed by atoms with Gasteiger partial charge in [-0.05, 0) is 18.2 Å². The van der Waals surface area contributed by atoms with Gasteiger partial charge in [0.05, 0.1) is 38.2 Å². The zero-order chi connectivity index (χ0) is 13.3. The molecule has 6 heteroatoms. The average molecular weight is 299 g/mol. The van der Waals surface area contributed by atoms with Gasteiger partial charge < -0.3 is 5.73 Å². The van der Waals surface area contributed by atoms with Crippen molar-refractivity contribution in [2.24, 2.45) is 0 Å². The van der Waals surface area contributed by atoms with Crippen molar-refractivity contribution in [1.82, 2.24) is 4.98 Å². The van der Waals surface area contributed by atoms with Crippen LogP contribution in [0.2, 0.25) is 15.1 Å². The van der Waals surface area contributed by atoms with E-state index in [-0.39, 0.29) is 5.02 Å². The zero-order valence-corrected chi connectivity index (χ0v) is 11.2. The molecule has 1 aromatic heterocycles. The van der Waals surface area contributed by atoms with Gasteiger partial charge in [-0.25, -0.2) is 0 Å². The van der Waals surface area contributed by atoms with Crippen molar-refractivity contribution in [3.63, 3.8) is 0 Å². The van der Waals surface area contributed by atoms with Crippen molar-refractivity contribution in [3.05, 3.63) is 45.0 Å². The minimum Gasteiger partial charge on any atom is -0.396 e. The Balaban J connectivity index is 2.60. The van der Waals surface area contributed by atoms with Crippen LogP contribution >= 0.6 is 34.8 Å². The molecule has 0 saturated heterocycles. The smallest absolute Gasteiger partial charge is 0.101 e. The molecule has 0 bridgehead atoms. The van der Waals surface area contributed by atoms with E-state index in [2.05, 4.69) is 4.98 Å². The Kier molecular flexibility index (Phi) is 3.63. The number of halogens is 3. The van der Waals surface area contributed by atoms with Crippen molar-refractivity contribution in [1.29, 1.82) is 5.26 Å². The number of nitriles is 1. The predicted molar refractivity (Wildman–Crippen MR) is 73.8 cm³/mol. The number of hydrogen-bond acceptors (Lipinski definition) is 3. The Morgan fingerprint density at radius 3 is 2.28 bits per heavy atom. The van der Waals surface area contributed by atoms with Gasteiger partial charge in [-0.3, -0.25) is 4.98 Å². The van der Waals surface area contributed by atoms with Crippen molar-refractivity contribution >= 4 is 40.5 Å². The average Bonchev–Trinajstić information content (AvgIpc) is 2.36. The van der Waals surface area contributed by atoms with Crippen LogP contribution in [0.5, 0.6) is 0 Å². The highest BCUT2D eigenvalue weighted by molar-refractivity contribution is 6.48. The number of nitrogens with two attached hydrogens (primary N) is 1. The van der Waals surface area contributed by atoms with Gasteiger partial charge >= 0.3 is 0 Å². The Hall–Kier alpha value is -1.47. The van der Waals surface area contributed by atoms with E-state index in [1.165, 1.54) is 6.20 Å². The number of aromatic nitrogens is 1. The number of anilines is 1. The summed E-state index contributed by atoms with van der Waals surface area (Å²) in [5.41, 5.74) is 7.51. The lowest BCUT2D eigenvalue weighted by Crippen LogP contribution is -1.93. The molecule has 1 aromatic carbocycles. The van der Waals surface area contributed by atoms with Gasteiger partial charge in [0.1, 0.15) is 6.07 Å². The third-order valence-electron chi connectivity index (χ3n) is 2.33. The molecule has 0 fully saturated rings. The molecule has 0 aliphatic rings. The van der Waals surface area contributed by atoms with Gasteiger partial charge in [0.2, 0.25) is 0 Å². The first-order chi connectivity index (χ1) is 8.52. The molecule has 0 aliphatic heterocycles. The van der Waals surface area contributed by atoms with Crippen LogP contribution in [0.3, 0.4) is 0 Å². The van der Waals surface area contributed by atoms with Crippen molar-refractivity contribution in [3.8, 4) is 17.3 Å². The first-order valence-corrected chi connectivity index (χ1v) is 5.97. The molecule has 2 aromatic rings. The number of hydrogen-bond donors (Lipinski definition) is 1. The first kappa shape index (κ1) is 13.0. The van der Waals surface area contributed by atoms with Crippen LogP contribution in [0.4, 0.5) is 5.69 Å². The molecule has 0 spiro atoms. The van der Waals surface area contributed by atoms with Crippen LogP contribution in [0, 0.1) is 11.3 Å². The fourth-order valence-corrected chi connectivity index (χ4v) is 2.02. The minimum absolute atomic E-state index is 0.290. The molecule has 18 heavy (non-hydrogen) atoms. The van der Waals surface area contributed by atoms with E-state index in [1.54, 1.807) is 18.2 Å². The normalized spacial score (nSPS) is 10.1. The maximum atomic E-state index is 8.91. The molecule has 3 nitrogen and oxygen atoms in total. The van der Waals surface area contributed by atoms with Crippen molar-refractivity contribution < 1.29 is 0 Å². The highest BCUT2D eigenvalue weighted by Crippen LogP contribution is 2.34. The first-order valence-electron chi connectivity index (χ1n) is 4.83. The summed E-state index contributed by atoms with van der Waals surface area (Å²) < 4.78 is 0. The quantitative estimate of drug-likeness (QED) is 0.804. The van der Waals surface area contributed by atoms with Gasteiger partial charge in [-0.1, -0.05) is 34.8 Å². The fourth-order valence-electron chi connectivity index (χ4n) is 1.42. The van der Waals surface area contributed by atoms with Gasteiger partial charge in [-0.2, -0.15) is 5.26 Å². The lowest BCUT2D eigenvalue weighted by atomic mass is 10.1. The van der Waals surface area contributed by atoms with Crippen molar-refractivity contribution in [2.45, 2.75) is 0 Å². The van der Waals surface area contributed by atoms with Crippen LogP contribution in [0.15, 0.2) is 24.4 Å². The highest BCUT2D eigenvalue weighted by Gasteiger charge is 2.10. The lowest BCUT2D eigenvalue weighted by molar-refractivity contribution is 1.31. The Morgan fingerprint density at radius 1 is 1.11 bits per heavy atom. The highest BCUT2D eigenvalue weighted by atomic mass is 35.5. The maximum Gasteiger partial charge on any atom is 0.101 e. The van der Waals surface area contributed by atoms with E-state index in [0.717, 1.165) is 0 Å². The maximum absolute atomic E-state index is 8.91. The number of nitrogen functional groups attached to an aromatic ring is 1. The van der Waals surface area contributed by atoms with Crippen molar-refractivity contribution in [2.75, 3.05) is 5.73 Å². The predicted octanol–water partition coefficient (Wildman–Crippen LogP) is 4.16. The summed E-state index contributed by atoms with van der Waals surface area (Å²) in [6.45, 7) is 0. The Bertz CT molecular complexity index is 639.